The molecule has 6 aromatic rings. The molecule has 1 saturated heterocycles. The van der Waals surface area contributed by atoms with E-state index in [9.17, 15) is 33.1 Å². The average molecular weight is 900 g/mol. The third kappa shape index (κ3) is 8.70. The Morgan fingerprint density at radius 3 is 1.68 bits per heavy atom. The molecule has 0 spiro atoms. The van der Waals surface area contributed by atoms with Crippen molar-refractivity contribution < 1.29 is 42.4 Å². The predicted octanol–water partition coefficient (Wildman–Crippen LogP) is 5.20. The van der Waals surface area contributed by atoms with Gasteiger partial charge in [-0.05, 0) is 45.2 Å². The molecule has 3 aliphatic heterocycles. The van der Waals surface area contributed by atoms with Gasteiger partial charge >= 0.3 is 11.9 Å². The molecule has 19 nitrogen and oxygen atoms in total. The van der Waals surface area contributed by atoms with E-state index in [4.69, 9.17) is 26.0 Å². The number of benzene rings is 2. The molecule has 0 bridgehead atoms. The quantitative estimate of drug-likeness (QED) is 0.120. The Bertz CT molecular complexity index is 2950. The molecule has 0 radical (unpaired) electrons. The zero-order valence-corrected chi connectivity index (χ0v) is 35.1. The fourth-order valence-corrected chi connectivity index (χ4v) is 8.35. The van der Waals surface area contributed by atoms with E-state index in [1.54, 1.807) is 23.9 Å². The lowest BCUT2D eigenvalue weighted by atomic mass is 10.1. The number of nitrogens with two attached hydrogens (primary N) is 2. The lowest BCUT2D eigenvalue weighted by Crippen LogP contribution is -2.30. The fourth-order valence-electron chi connectivity index (χ4n) is 8.35. The second kappa shape index (κ2) is 17.8. The number of halogens is 3. The van der Waals surface area contributed by atoms with E-state index in [0.29, 0.717) is 60.4 Å². The number of hydrogen-bond donors (Lipinski definition) is 6. The molecule has 65 heavy (non-hydrogen) atoms. The van der Waals surface area contributed by atoms with Gasteiger partial charge in [0.1, 0.15) is 30.0 Å². The average Bonchev–Trinajstić information content (AvgIpc) is 3.97. The molecule has 2 fully saturated rings. The Kier molecular flexibility index (Phi) is 12.1. The highest BCUT2D eigenvalue weighted by molar-refractivity contribution is 5.97. The number of carbonyl (C=O) groups is 2. The molecule has 340 valence electrons. The summed E-state index contributed by atoms with van der Waals surface area (Å²) in [6, 6.07) is 1.85. The Morgan fingerprint density at radius 2 is 1.17 bits per heavy atom. The summed E-state index contributed by atoms with van der Waals surface area (Å²) in [5.41, 5.74) is 10.5. The van der Waals surface area contributed by atoms with E-state index in [1.807, 2.05) is 11.8 Å². The molecule has 0 unspecified atom stereocenters. The Hall–Kier alpha value is -7.65. The summed E-state index contributed by atoms with van der Waals surface area (Å²) < 4.78 is 56.7. The minimum absolute atomic E-state index is 0.00292. The highest BCUT2D eigenvalue weighted by Crippen LogP contribution is 2.43. The molecule has 3 atom stereocenters. The van der Waals surface area contributed by atoms with Gasteiger partial charge in [-0.3, -0.25) is 9.59 Å². The van der Waals surface area contributed by atoms with E-state index < -0.39 is 51.4 Å². The molecular formula is C43H44F3N11O8. The van der Waals surface area contributed by atoms with Gasteiger partial charge in [0.2, 0.25) is 28.6 Å². The number of aromatic carboxylic acids is 2. The maximum absolute atomic E-state index is 15.3. The van der Waals surface area contributed by atoms with Crippen LogP contribution in [0.2, 0.25) is 0 Å². The molecule has 1 aliphatic carbocycles. The number of carboxylic acid groups (broad SMARTS) is 2. The van der Waals surface area contributed by atoms with Crippen molar-refractivity contribution in [3.8, 4) is 11.5 Å². The van der Waals surface area contributed by atoms with Crippen LogP contribution in [0.15, 0.2) is 58.9 Å². The summed E-state index contributed by atoms with van der Waals surface area (Å²) in [6.07, 6.45) is 14.5. The second-order valence-electron chi connectivity index (χ2n) is 16.2. The maximum Gasteiger partial charge on any atom is 0.341 e. The Morgan fingerprint density at radius 1 is 0.708 bits per heavy atom. The topological polar surface area (TPSA) is 268 Å². The van der Waals surface area contributed by atoms with Gasteiger partial charge in [0.05, 0.1) is 70.1 Å². The number of rotatable bonds is 7. The van der Waals surface area contributed by atoms with Crippen LogP contribution in [0.3, 0.4) is 0 Å². The van der Waals surface area contributed by atoms with Gasteiger partial charge in [-0.25, -0.2) is 38.3 Å². The number of aromatic nitrogens is 6. The zero-order chi connectivity index (χ0) is 46.3. The summed E-state index contributed by atoms with van der Waals surface area (Å²) >= 11 is 0. The summed E-state index contributed by atoms with van der Waals surface area (Å²) in [7, 11) is 0. The van der Waals surface area contributed by atoms with Crippen LogP contribution in [0.5, 0.6) is 11.5 Å². The molecule has 0 amide bonds. The number of hydrogen-bond acceptors (Lipinski definition) is 15. The van der Waals surface area contributed by atoms with Crippen LogP contribution >= 0.6 is 0 Å². The monoisotopic (exact) mass is 899 g/mol. The van der Waals surface area contributed by atoms with E-state index in [0.717, 1.165) is 12.3 Å². The normalized spacial score (nSPS) is 18.5. The van der Waals surface area contributed by atoms with Gasteiger partial charge in [0, 0.05) is 37.6 Å². The van der Waals surface area contributed by atoms with Crippen LogP contribution in [-0.2, 0) is 0 Å². The molecule has 7 heterocycles. The smallest absolute Gasteiger partial charge is 0.341 e. The molecular weight excluding hydrogens is 856 g/mol. The summed E-state index contributed by atoms with van der Waals surface area (Å²) in [4.78, 5) is 65.7. The molecule has 10 rings (SSSR count). The maximum atomic E-state index is 15.3. The van der Waals surface area contributed by atoms with Crippen molar-refractivity contribution >= 4 is 62.7 Å². The van der Waals surface area contributed by atoms with Gasteiger partial charge in [-0.1, -0.05) is 12.8 Å². The van der Waals surface area contributed by atoms with Gasteiger partial charge < -0.3 is 55.8 Å². The number of ether oxygens (including phenoxy) is 2. The molecule has 22 heteroatoms. The van der Waals surface area contributed by atoms with Crippen LogP contribution in [-0.4, -0.2) is 89.6 Å². The van der Waals surface area contributed by atoms with Crippen LogP contribution < -0.4 is 47.3 Å². The number of nitrogens with one attached hydrogen (secondary N) is 2. The Balaban J connectivity index is 0.000000148. The van der Waals surface area contributed by atoms with Crippen LogP contribution in [0.1, 0.15) is 78.8 Å². The highest BCUT2D eigenvalue weighted by atomic mass is 19.2. The van der Waals surface area contributed by atoms with E-state index in [-0.39, 0.29) is 64.8 Å². The number of nitrogen functional groups attached to an aromatic ring is 2. The van der Waals surface area contributed by atoms with Crippen molar-refractivity contribution in [2.75, 3.05) is 53.3 Å². The number of pyridine rings is 2. The summed E-state index contributed by atoms with van der Waals surface area (Å²) in [6.45, 7) is 4.89. The second-order valence-corrected chi connectivity index (χ2v) is 16.2. The lowest BCUT2D eigenvalue weighted by Gasteiger charge is -2.31. The minimum atomic E-state index is -1.41. The third-order valence-electron chi connectivity index (χ3n) is 11.6. The minimum Gasteiger partial charge on any atom is -0.487 e. The van der Waals surface area contributed by atoms with E-state index >= 15 is 4.39 Å². The fraction of sp³-hybridized carbons (Fsp3) is 0.349. The van der Waals surface area contributed by atoms with Gasteiger partial charge in [-0.2, -0.15) is 4.39 Å². The zero-order valence-electron chi connectivity index (χ0n) is 35.1. The number of anilines is 5. The molecule has 4 aromatic heterocycles. The lowest BCUT2D eigenvalue weighted by molar-refractivity contribution is 0.0683. The van der Waals surface area contributed by atoms with Gasteiger partial charge in [0.15, 0.2) is 23.1 Å². The van der Waals surface area contributed by atoms with Crippen molar-refractivity contribution in [3.05, 3.63) is 98.3 Å². The van der Waals surface area contributed by atoms with Gasteiger partial charge in [-0.15, -0.1) is 0 Å². The first-order chi connectivity index (χ1) is 31.1. The van der Waals surface area contributed by atoms with Crippen molar-refractivity contribution in [2.45, 2.75) is 70.1 Å². The van der Waals surface area contributed by atoms with Crippen LogP contribution in [0.4, 0.5) is 42.1 Å². The van der Waals surface area contributed by atoms with E-state index in [1.165, 1.54) is 48.8 Å². The predicted molar refractivity (Wildman–Crippen MR) is 234 cm³/mol. The standard InChI is InChI=1S/C21H21FN6O4.C13H9F2NO4.C9H14N4/c1-10-9-32-19-16-13(18(29)14(20(30)31)8-28(10)16)4-15(22)17(19)27-3-2-12(7-27)26-21-24-5-11(23)6-25-21;1-5-4-20-12-9(15)8(14)2-6-10(12)16(5)3-7(11(6)17)13(18)19;10-7-5-11-9(12-6-7)13-8-3-1-2-4-8/h4-6,8,10,12H,2-3,7,9,23H2,1H3,(H,30,31)(H,24,25,26);2-3,5H,4H2,1H3,(H,18,19);5-6,8H,1-4,10H2,(H,11,12,13)/t10-,12-;5-;/m00./s1. The first kappa shape index (κ1) is 44.0. The third-order valence-corrected chi connectivity index (χ3v) is 11.6. The number of carboxylic acids is 2. The first-order valence-electron chi connectivity index (χ1n) is 20.7. The number of nitrogens with zero attached hydrogens (tertiary/aromatic N) is 7. The first-order valence-corrected chi connectivity index (χ1v) is 20.7. The van der Waals surface area contributed by atoms with Gasteiger partial charge in [0.25, 0.3) is 0 Å². The molecule has 4 aliphatic rings. The molecule has 8 N–H and O–H groups in total. The SMILES string of the molecule is C[C@H]1COc2c(F)c(F)cc3c(=O)c(C(=O)O)cn1c23.C[C@H]1COc2c(N3CC[C@H](Nc4ncc(N)cn4)C3)c(F)cc3c(=O)c(C(=O)O)cn1c23.Nc1cnc(NC2CCCC2)nc1. The van der Waals surface area contributed by atoms with Crippen molar-refractivity contribution in [1.29, 1.82) is 0 Å². The van der Waals surface area contributed by atoms with Crippen molar-refractivity contribution in [2.24, 2.45) is 0 Å². The summed E-state index contributed by atoms with van der Waals surface area (Å²) in [5.74, 6) is -4.77. The molecule has 2 aromatic carbocycles. The highest BCUT2D eigenvalue weighted by Gasteiger charge is 2.34. The van der Waals surface area contributed by atoms with Crippen molar-refractivity contribution in [1.82, 2.24) is 29.1 Å². The van der Waals surface area contributed by atoms with Crippen LogP contribution in [0, 0.1) is 17.5 Å². The van der Waals surface area contributed by atoms with E-state index in [2.05, 4.69) is 30.6 Å². The largest absolute Gasteiger partial charge is 0.487 e. The van der Waals surface area contributed by atoms with Crippen molar-refractivity contribution in [3.63, 3.8) is 0 Å². The Labute approximate surface area is 366 Å². The molecule has 1 saturated carbocycles. The summed E-state index contributed by atoms with van der Waals surface area (Å²) in [5, 5.41) is 24.7. The van der Waals surface area contributed by atoms with Crippen LogP contribution in [0.25, 0.3) is 21.8 Å².